The molecule has 1 fully saturated rings. The van der Waals surface area contributed by atoms with E-state index in [9.17, 15) is 9.90 Å². The number of carbonyl (C=O) groups excluding carboxylic acids is 1. The fourth-order valence-corrected chi connectivity index (χ4v) is 1.55. The third kappa shape index (κ3) is 2.59. The van der Waals surface area contributed by atoms with Gasteiger partial charge in [0, 0.05) is 26.7 Å². The van der Waals surface area contributed by atoms with Gasteiger partial charge in [0.05, 0.1) is 12.1 Å². The van der Waals surface area contributed by atoms with E-state index in [-0.39, 0.29) is 12.1 Å². The smallest absolute Gasteiger partial charge is 0.317 e. The SMILES string of the molecule is CCCNC(=O)N(C)[C@@H]1CNC[C@H]1O. The van der Waals surface area contributed by atoms with Gasteiger partial charge in [0.1, 0.15) is 0 Å². The summed E-state index contributed by atoms with van der Waals surface area (Å²) in [6.45, 7) is 3.92. The van der Waals surface area contributed by atoms with Crippen LogP contribution in [-0.4, -0.2) is 54.9 Å². The van der Waals surface area contributed by atoms with Crippen molar-refractivity contribution in [1.29, 1.82) is 0 Å². The Hall–Kier alpha value is -0.810. The average Bonchev–Trinajstić information content (AvgIpc) is 2.59. The van der Waals surface area contributed by atoms with E-state index in [4.69, 9.17) is 0 Å². The molecule has 0 saturated carbocycles. The summed E-state index contributed by atoms with van der Waals surface area (Å²) in [5.74, 6) is 0. The number of aliphatic hydroxyl groups excluding tert-OH is 1. The fraction of sp³-hybridized carbons (Fsp3) is 0.889. The van der Waals surface area contributed by atoms with Gasteiger partial charge in [0.15, 0.2) is 0 Å². The molecule has 5 nitrogen and oxygen atoms in total. The Morgan fingerprint density at radius 1 is 1.64 bits per heavy atom. The third-order valence-electron chi connectivity index (χ3n) is 2.50. The number of aliphatic hydroxyl groups is 1. The first kappa shape index (κ1) is 11.3. The van der Waals surface area contributed by atoms with Crippen LogP contribution in [0.2, 0.25) is 0 Å². The summed E-state index contributed by atoms with van der Waals surface area (Å²) in [7, 11) is 1.71. The van der Waals surface area contributed by atoms with Crippen LogP contribution in [0.1, 0.15) is 13.3 Å². The van der Waals surface area contributed by atoms with Crippen LogP contribution in [0.5, 0.6) is 0 Å². The lowest BCUT2D eigenvalue weighted by Gasteiger charge is -2.26. The molecule has 0 radical (unpaired) electrons. The lowest BCUT2D eigenvalue weighted by Crippen LogP contribution is -2.48. The van der Waals surface area contributed by atoms with Gasteiger partial charge in [0.25, 0.3) is 0 Å². The number of amides is 2. The van der Waals surface area contributed by atoms with Gasteiger partial charge >= 0.3 is 6.03 Å². The van der Waals surface area contributed by atoms with Gasteiger partial charge in [-0.05, 0) is 6.42 Å². The minimum absolute atomic E-state index is 0.105. The van der Waals surface area contributed by atoms with Crippen molar-refractivity contribution >= 4 is 6.03 Å². The second kappa shape index (κ2) is 5.17. The van der Waals surface area contributed by atoms with Crippen LogP contribution in [0.25, 0.3) is 0 Å². The molecule has 0 bridgehead atoms. The highest BCUT2D eigenvalue weighted by atomic mass is 16.3. The molecule has 1 aliphatic heterocycles. The molecule has 0 aromatic carbocycles. The van der Waals surface area contributed by atoms with Crippen molar-refractivity contribution in [2.75, 3.05) is 26.7 Å². The zero-order valence-corrected chi connectivity index (χ0v) is 8.79. The fourth-order valence-electron chi connectivity index (χ4n) is 1.55. The lowest BCUT2D eigenvalue weighted by atomic mass is 10.2. The van der Waals surface area contributed by atoms with Gasteiger partial charge in [-0.25, -0.2) is 4.79 Å². The van der Waals surface area contributed by atoms with Crippen LogP contribution in [0.4, 0.5) is 4.79 Å². The molecule has 1 saturated heterocycles. The third-order valence-corrected chi connectivity index (χ3v) is 2.50. The second-order valence-corrected chi connectivity index (χ2v) is 3.64. The summed E-state index contributed by atoms with van der Waals surface area (Å²) < 4.78 is 0. The van der Waals surface area contributed by atoms with Crippen molar-refractivity contribution in [1.82, 2.24) is 15.5 Å². The maximum absolute atomic E-state index is 11.5. The normalized spacial score (nSPS) is 26.2. The van der Waals surface area contributed by atoms with Gasteiger partial charge in [-0.15, -0.1) is 0 Å². The number of urea groups is 1. The van der Waals surface area contributed by atoms with Gasteiger partial charge in [-0.1, -0.05) is 6.92 Å². The lowest BCUT2D eigenvalue weighted by molar-refractivity contribution is 0.110. The molecule has 1 aliphatic rings. The van der Waals surface area contributed by atoms with Crippen molar-refractivity contribution in [2.45, 2.75) is 25.5 Å². The summed E-state index contributed by atoms with van der Waals surface area (Å²) in [6, 6.07) is -0.216. The Kier molecular flexibility index (Phi) is 4.16. The van der Waals surface area contributed by atoms with E-state index in [1.165, 1.54) is 0 Å². The Balaban J connectivity index is 2.39. The molecule has 0 unspecified atom stereocenters. The summed E-state index contributed by atoms with van der Waals surface area (Å²) in [4.78, 5) is 13.1. The van der Waals surface area contributed by atoms with E-state index in [2.05, 4.69) is 10.6 Å². The van der Waals surface area contributed by atoms with Crippen molar-refractivity contribution in [2.24, 2.45) is 0 Å². The van der Waals surface area contributed by atoms with Crippen LogP contribution >= 0.6 is 0 Å². The molecule has 0 aromatic heterocycles. The van der Waals surface area contributed by atoms with E-state index in [1.807, 2.05) is 6.92 Å². The first-order valence-electron chi connectivity index (χ1n) is 5.06. The Labute approximate surface area is 84.5 Å². The molecule has 2 amide bonds. The maximum atomic E-state index is 11.5. The van der Waals surface area contributed by atoms with Crippen molar-refractivity contribution < 1.29 is 9.90 Å². The molecule has 0 spiro atoms. The molecule has 0 aliphatic carbocycles. The first-order valence-corrected chi connectivity index (χ1v) is 5.06. The molecule has 2 atom stereocenters. The summed E-state index contributed by atoms with van der Waals surface area (Å²) in [6.07, 6.45) is 0.470. The van der Waals surface area contributed by atoms with Crippen molar-refractivity contribution in [3.05, 3.63) is 0 Å². The number of nitrogens with one attached hydrogen (secondary N) is 2. The highest BCUT2D eigenvalue weighted by Crippen LogP contribution is 2.07. The number of likely N-dealkylation sites (N-methyl/N-ethyl adjacent to an activating group) is 1. The van der Waals surface area contributed by atoms with Crippen LogP contribution in [0.15, 0.2) is 0 Å². The zero-order chi connectivity index (χ0) is 10.6. The van der Waals surface area contributed by atoms with E-state index in [1.54, 1.807) is 11.9 Å². The zero-order valence-electron chi connectivity index (χ0n) is 8.79. The first-order chi connectivity index (χ1) is 6.66. The van der Waals surface area contributed by atoms with Crippen LogP contribution in [0, 0.1) is 0 Å². The van der Waals surface area contributed by atoms with E-state index < -0.39 is 6.10 Å². The molecule has 82 valence electrons. The van der Waals surface area contributed by atoms with Gasteiger partial charge in [-0.2, -0.15) is 0 Å². The minimum Gasteiger partial charge on any atom is -0.390 e. The Morgan fingerprint density at radius 3 is 2.86 bits per heavy atom. The van der Waals surface area contributed by atoms with Crippen LogP contribution in [-0.2, 0) is 0 Å². The highest BCUT2D eigenvalue weighted by molar-refractivity contribution is 5.74. The predicted molar refractivity (Wildman–Crippen MR) is 54.1 cm³/mol. The number of β-amino-alcohol motifs (C(OH)–C–C–N with tert-alkyl or cyclic N) is 1. The Bertz CT molecular complexity index is 198. The Morgan fingerprint density at radius 2 is 2.36 bits per heavy atom. The van der Waals surface area contributed by atoms with Gasteiger partial charge < -0.3 is 20.6 Å². The minimum atomic E-state index is -0.452. The monoisotopic (exact) mass is 201 g/mol. The molecule has 3 N–H and O–H groups in total. The largest absolute Gasteiger partial charge is 0.390 e. The van der Waals surface area contributed by atoms with Gasteiger partial charge in [0.2, 0.25) is 0 Å². The van der Waals surface area contributed by atoms with Crippen molar-refractivity contribution in [3.63, 3.8) is 0 Å². The second-order valence-electron chi connectivity index (χ2n) is 3.64. The quantitative estimate of drug-likeness (QED) is 0.569. The summed E-state index contributed by atoms with van der Waals surface area (Å²) in [5.41, 5.74) is 0. The predicted octanol–water partition coefficient (Wildman–Crippen LogP) is -0.629. The number of hydrogen-bond acceptors (Lipinski definition) is 3. The molecular formula is C9H19N3O2. The number of carbonyl (C=O) groups is 1. The maximum Gasteiger partial charge on any atom is 0.317 e. The molecule has 1 heterocycles. The van der Waals surface area contributed by atoms with E-state index in [0.717, 1.165) is 6.42 Å². The molecule has 1 rings (SSSR count). The highest BCUT2D eigenvalue weighted by Gasteiger charge is 2.30. The molecule has 5 heteroatoms. The average molecular weight is 201 g/mol. The van der Waals surface area contributed by atoms with Crippen LogP contribution < -0.4 is 10.6 Å². The summed E-state index contributed by atoms with van der Waals surface area (Å²) in [5, 5.41) is 15.4. The van der Waals surface area contributed by atoms with Gasteiger partial charge in [-0.3, -0.25) is 0 Å². The number of hydrogen-bond donors (Lipinski definition) is 3. The van der Waals surface area contributed by atoms with E-state index >= 15 is 0 Å². The standard InChI is InChI=1S/C9H19N3O2/c1-3-4-11-9(14)12(2)7-5-10-6-8(7)13/h7-8,10,13H,3-6H2,1-2H3,(H,11,14)/t7-,8-/m1/s1. The topological polar surface area (TPSA) is 64.6 Å². The van der Waals surface area contributed by atoms with Crippen molar-refractivity contribution in [3.8, 4) is 0 Å². The van der Waals surface area contributed by atoms with Crippen LogP contribution in [0.3, 0.4) is 0 Å². The molecule has 0 aromatic rings. The summed E-state index contributed by atoms with van der Waals surface area (Å²) >= 11 is 0. The number of rotatable bonds is 3. The number of nitrogens with zero attached hydrogens (tertiary/aromatic N) is 1. The van der Waals surface area contributed by atoms with E-state index in [0.29, 0.717) is 19.6 Å². The molecular weight excluding hydrogens is 182 g/mol. The molecule has 14 heavy (non-hydrogen) atoms.